The number of aliphatic hydroxyl groups is 3. The number of aryl methyl sites for hydroxylation is 2. The zero-order valence-corrected chi connectivity index (χ0v) is 18.4. The highest BCUT2D eigenvalue weighted by atomic mass is 16.6. The maximum Gasteiger partial charge on any atom is 0.222 e. The molecule has 2 aliphatic rings. The Hall–Kier alpha value is -2.55. The summed E-state index contributed by atoms with van der Waals surface area (Å²) < 4.78 is 29.0. The summed E-state index contributed by atoms with van der Waals surface area (Å²) in [7, 11) is 1.32. The van der Waals surface area contributed by atoms with Crippen molar-refractivity contribution in [2.75, 3.05) is 20.6 Å². The van der Waals surface area contributed by atoms with E-state index >= 15 is 0 Å². The Bertz CT molecular complexity index is 1100. The molecule has 0 aromatic heterocycles. The van der Waals surface area contributed by atoms with Gasteiger partial charge in [-0.05, 0) is 40.7 Å². The van der Waals surface area contributed by atoms with Crippen molar-refractivity contribution < 1.29 is 38.6 Å². The van der Waals surface area contributed by atoms with Gasteiger partial charge in [0.25, 0.3) is 0 Å². The summed E-state index contributed by atoms with van der Waals surface area (Å²) in [5.41, 5.74) is 5.48. The summed E-state index contributed by atoms with van der Waals surface area (Å²) in [6.07, 6.45) is -5.33. The lowest BCUT2D eigenvalue weighted by molar-refractivity contribution is -0.944. The number of aliphatic hydroxyl groups excluding tert-OH is 3. The zero-order valence-electron chi connectivity index (χ0n) is 21.4. The molecule has 0 radical (unpaired) electrons. The second kappa shape index (κ2) is 9.37. The molecule has 1 aliphatic heterocycles. The lowest BCUT2D eigenvalue weighted by atomic mass is 9.93. The molecule has 2 aromatic rings. The number of carboxylic acids is 1. The molecule has 1 fully saturated rings. The van der Waals surface area contributed by atoms with Crippen molar-refractivity contribution >= 4 is 11.5 Å². The Morgan fingerprint density at radius 2 is 1.64 bits per heavy atom. The van der Waals surface area contributed by atoms with Gasteiger partial charge in [0.1, 0.15) is 18.3 Å². The van der Waals surface area contributed by atoms with Crippen LogP contribution < -0.4 is 5.11 Å². The largest absolute Gasteiger partial charge is 0.547 e. The summed E-state index contributed by atoms with van der Waals surface area (Å²) in [6.45, 7) is -2.80. The van der Waals surface area contributed by atoms with E-state index in [4.69, 9.17) is 8.85 Å². The number of carboxylic acid groups (broad SMARTS) is 1. The second-order valence-electron chi connectivity index (χ2n) is 8.95. The third kappa shape index (κ3) is 4.60. The molecule has 33 heavy (non-hydrogen) atoms. The van der Waals surface area contributed by atoms with E-state index in [2.05, 4.69) is 12.1 Å². The monoisotopic (exact) mass is 456 g/mol. The number of hydrogen-bond acceptors (Lipinski definition) is 6. The molecular weight excluding hydrogens is 422 g/mol. The van der Waals surface area contributed by atoms with E-state index in [1.54, 1.807) is 0 Å². The van der Waals surface area contributed by atoms with Crippen LogP contribution in [0.2, 0.25) is 0 Å². The molecule has 1 saturated heterocycles. The molecule has 1 heterocycles. The average Bonchev–Trinajstić information content (AvgIpc) is 2.99. The summed E-state index contributed by atoms with van der Waals surface area (Å²) in [5.74, 6) is -1.80. The Balaban J connectivity index is 1.69. The lowest BCUT2D eigenvalue weighted by Gasteiger charge is -2.47. The number of rotatable bonds is 5. The van der Waals surface area contributed by atoms with Gasteiger partial charge >= 0.3 is 0 Å². The fraction of sp³-hybridized carbons (Fsp3) is 0.423. The maximum absolute atomic E-state index is 11.5. The Morgan fingerprint density at radius 1 is 1.06 bits per heavy atom. The van der Waals surface area contributed by atoms with Crippen LogP contribution >= 0.6 is 0 Å². The SMILES string of the molecule is [2H]C([2H])([2H])[N+](C)(CCC=C1c2ccccc2CCc2ccccc21)[C@@H]1O[C@H](C(=O)[O-])[C@@H](O)[C@@H](O)[C@H]1O. The van der Waals surface area contributed by atoms with Gasteiger partial charge in [-0.1, -0.05) is 54.6 Å². The van der Waals surface area contributed by atoms with Gasteiger partial charge in [0.2, 0.25) is 6.23 Å². The van der Waals surface area contributed by atoms with Crippen LogP contribution in [0.25, 0.3) is 5.57 Å². The number of carbonyl (C=O) groups is 1. The molecular formula is C26H31NO6. The minimum Gasteiger partial charge on any atom is -0.547 e. The van der Waals surface area contributed by atoms with Crippen molar-refractivity contribution in [3.8, 4) is 0 Å². The van der Waals surface area contributed by atoms with E-state index in [-0.39, 0.29) is 13.0 Å². The summed E-state index contributed by atoms with van der Waals surface area (Å²) in [5, 5.41) is 42.4. The van der Waals surface area contributed by atoms with Gasteiger partial charge in [-0.25, -0.2) is 0 Å². The first kappa shape index (κ1) is 19.9. The lowest BCUT2D eigenvalue weighted by Crippen LogP contribution is -2.69. The zero-order chi connectivity index (χ0) is 26.3. The van der Waals surface area contributed by atoms with Crippen LogP contribution in [0.3, 0.4) is 0 Å². The van der Waals surface area contributed by atoms with Crippen molar-refractivity contribution in [2.24, 2.45) is 0 Å². The molecule has 4 rings (SSSR count). The smallest absolute Gasteiger partial charge is 0.222 e. The first-order valence-corrected chi connectivity index (χ1v) is 11.1. The number of ether oxygens (including phenoxy) is 1. The Kier molecular flexibility index (Phi) is 5.64. The molecule has 0 amide bonds. The van der Waals surface area contributed by atoms with Crippen LogP contribution in [-0.2, 0) is 22.4 Å². The molecule has 1 aliphatic carbocycles. The fourth-order valence-electron chi connectivity index (χ4n) is 4.77. The molecule has 0 saturated carbocycles. The summed E-state index contributed by atoms with van der Waals surface area (Å²) in [4.78, 5) is 11.5. The van der Waals surface area contributed by atoms with Crippen LogP contribution in [0.15, 0.2) is 54.6 Å². The van der Waals surface area contributed by atoms with Crippen LogP contribution in [0.1, 0.15) is 32.8 Å². The third-order valence-corrected chi connectivity index (χ3v) is 6.60. The third-order valence-electron chi connectivity index (χ3n) is 6.60. The number of fused-ring (bicyclic) bond motifs is 2. The number of benzene rings is 2. The standard InChI is InChI=1S/C26H31NO6/c1-27(2,25-23(30)21(28)22(29)24(33-25)26(31)32)15-7-12-20-18-10-5-3-8-16(18)13-14-17-9-4-6-11-19(17)20/h3-6,8-12,21-25,28-30H,7,13-15H2,1-2H3/t21-,22+,23-,24+,25-/m1/s1/i1D3/t21-,22+,23-,24+,25-,27?. The van der Waals surface area contributed by atoms with Crippen molar-refractivity contribution in [2.45, 2.75) is 49.9 Å². The minimum atomic E-state index is -2.73. The van der Waals surface area contributed by atoms with Gasteiger partial charge in [0.05, 0.1) is 30.6 Å². The summed E-state index contributed by atoms with van der Waals surface area (Å²) in [6, 6.07) is 16.1. The van der Waals surface area contributed by atoms with E-state index in [1.165, 1.54) is 18.2 Å². The molecule has 2 aromatic carbocycles. The molecule has 176 valence electrons. The number of hydrogen-bond donors (Lipinski definition) is 3. The quantitative estimate of drug-likeness (QED) is 0.556. The predicted octanol–water partition coefficient (Wildman–Crippen LogP) is 0.241. The number of carbonyl (C=O) groups excluding carboxylic acids is 1. The highest BCUT2D eigenvalue weighted by Crippen LogP contribution is 2.34. The highest BCUT2D eigenvalue weighted by molar-refractivity contribution is 5.83. The first-order chi connectivity index (χ1) is 17.0. The topological polar surface area (TPSA) is 110 Å². The fourth-order valence-corrected chi connectivity index (χ4v) is 4.77. The van der Waals surface area contributed by atoms with Crippen LogP contribution in [0, 0.1) is 0 Å². The van der Waals surface area contributed by atoms with Gasteiger partial charge in [-0.3, -0.25) is 0 Å². The highest BCUT2D eigenvalue weighted by Gasteiger charge is 2.50. The number of quaternary nitrogens is 1. The van der Waals surface area contributed by atoms with Crippen molar-refractivity contribution in [1.29, 1.82) is 0 Å². The molecule has 6 atom stereocenters. The predicted molar refractivity (Wildman–Crippen MR) is 121 cm³/mol. The molecule has 3 N–H and O–H groups in total. The van der Waals surface area contributed by atoms with Crippen molar-refractivity contribution in [3.05, 3.63) is 76.9 Å². The summed E-state index contributed by atoms with van der Waals surface area (Å²) >= 11 is 0. The average molecular weight is 457 g/mol. The maximum atomic E-state index is 11.5. The van der Waals surface area contributed by atoms with Gasteiger partial charge in [0.15, 0.2) is 6.10 Å². The van der Waals surface area contributed by atoms with E-state index in [0.29, 0.717) is 0 Å². The van der Waals surface area contributed by atoms with Crippen LogP contribution in [-0.4, -0.2) is 77.0 Å². The van der Waals surface area contributed by atoms with E-state index < -0.39 is 48.1 Å². The molecule has 7 nitrogen and oxygen atoms in total. The van der Waals surface area contributed by atoms with Crippen molar-refractivity contribution in [3.63, 3.8) is 0 Å². The normalized spacial score (nSPS) is 30.5. The van der Waals surface area contributed by atoms with E-state index in [9.17, 15) is 25.2 Å². The first-order valence-electron chi connectivity index (χ1n) is 12.6. The minimum absolute atomic E-state index is 0.0609. The molecule has 0 spiro atoms. The van der Waals surface area contributed by atoms with Gasteiger partial charge < -0.3 is 34.4 Å². The number of aliphatic carboxylic acids is 1. The van der Waals surface area contributed by atoms with Gasteiger partial charge in [-0.15, -0.1) is 0 Å². The number of nitrogens with zero attached hydrogens (tertiary/aromatic N) is 1. The molecule has 0 bridgehead atoms. The van der Waals surface area contributed by atoms with Crippen LogP contribution in [0.5, 0.6) is 0 Å². The Labute approximate surface area is 198 Å². The van der Waals surface area contributed by atoms with Crippen molar-refractivity contribution in [1.82, 2.24) is 0 Å². The van der Waals surface area contributed by atoms with Crippen LogP contribution in [0.4, 0.5) is 0 Å². The number of likely N-dealkylation sites (N-methyl/N-ethyl adjacent to an activating group) is 1. The van der Waals surface area contributed by atoms with Gasteiger partial charge in [-0.2, -0.15) is 0 Å². The Morgan fingerprint density at radius 3 is 2.18 bits per heavy atom. The van der Waals surface area contributed by atoms with E-state index in [1.807, 2.05) is 42.5 Å². The van der Waals surface area contributed by atoms with E-state index in [0.717, 1.165) is 29.5 Å². The second-order valence-corrected chi connectivity index (χ2v) is 8.95. The molecule has 1 unspecified atom stereocenters. The molecule has 7 heteroatoms. The van der Waals surface area contributed by atoms with Gasteiger partial charge in [0, 0.05) is 6.42 Å².